The number of hydrogen-bond acceptors (Lipinski definition) is 5. The maximum absolute atomic E-state index is 9.44. The van der Waals surface area contributed by atoms with E-state index in [0.29, 0.717) is 29.3 Å². The Morgan fingerprint density at radius 2 is 2.09 bits per heavy atom. The summed E-state index contributed by atoms with van der Waals surface area (Å²) in [6.07, 6.45) is 7.72. The lowest BCUT2D eigenvalue weighted by Gasteiger charge is -2.31. The number of imidazole rings is 1. The predicted molar refractivity (Wildman–Crippen MR) is 83.4 cm³/mol. The zero-order chi connectivity index (χ0) is 15.7. The molecule has 0 spiro atoms. The summed E-state index contributed by atoms with van der Waals surface area (Å²) in [6.45, 7) is 2.65. The molecule has 7 heteroatoms. The fourth-order valence-corrected chi connectivity index (χ4v) is 3.20. The first-order chi connectivity index (χ1) is 10.5. The second-order valence-electron chi connectivity index (χ2n) is 5.88. The van der Waals surface area contributed by atoms with Crippen molar-refractivity contribution in [3.8, 4) is 0 Å². The smallest absolute Gasteiger partial charge is 0.164 e. The van der Waals surface area contributed by atoms with Crippen LogP contribution in [0.4, 0.5) is 0 Å². The Morgan fingerprint density at radius 1 is 1.27 bits per heavy atom. The van der Waals surface area contributed by atoms with Crippen LogP contribution in [0.25, 0.3) is 11.2 Å². The van der Waals surface area contributed by atoms with Crippen LogP contribution >= 0.6 is 11.6 Å². The lowest BCUT2D eigenvalue weighted by atomic mass is 9.78. The summed E-state index contributed by atoms with van der Waals surface area (Å²) in [7, 11) is 0. The minimum absolute atomic E-state index is 0.00833. The van der Waals surface area contributed by atoms with Gasteiger partial charge < -0.3 is 14.8 Å². The zero-order valence-corrected chi connectivity index (χ0v) is 13.0. The molecule has 1 aliphatic rings. The van der Waals surface area contributed by atoms with Crippen LogP contribution in [-0.4, -0.2) is 42.9 Å². The quantitative estimate of drug-likeness (QED) is 0.838. The van der Waals surface area contributed by atoms with Crippen LogP contribution in [0.2, 0.25) is 5.15 Å². The number of allylic oxidation sites excluding steroid dienone is 1. The SMILES string of the molecule is CC1(Cn2cnc3c(Cl)ncnc32)C=C(CO)C=C(CO)C1. The van der Waals surface area contributed by atoms with E-state index in [1.165, 1.54) is 6.33 Å². The molecule has 22 heavy (non-hydrogen) atoms. The van der Waals surface area contributed by atoms with Gasteiger partial charge in [-0.2, -0.15) is 0 Å². The van der Waals surface area contributed by atoms with Crippen molar-refractivity contribution in [1.29, 1.82) is 0 Å². The molecule has 1 atom stereocenters. The summed E-state index contributed by atoms with van der Waals surface area (Å²) in [6, 6.07) is 0. The van der Waals surface area contributed by atoms with Gasteiger partial charge in [0.05, 0.1) is 19.5 Å². The van der Waals surface area contributed by atoms with Gasteiger partial charge in [-0.1, -0.05) is 30.7 Å². The van der Waals surface area contributed by atoms with Crippen LogP contribution in [0.3, 0.4) is 0 Å². The molecule has 2 aromatic heterocycles. The molecule has 116 valence electrons. The minimum atomic E-state index is -0.240. The van der Waals surface area contributed by atoms with Crippen molar-refractivity contribution >= 4 is 22.8 Å². The van der Waals surface area contributed by atoms with E-state index in [2.05, 4.69) is 21.9 Å². The Kier molecular flexibility index (Phi) is 3.99. The summed E-state index contributed by atoms with van der Waals surface area (Å²) < 4.78 is 1.93. The summed E-state index contributed by atoms with van der Waals surface area (Å²) in [5.74, 6) is 0. The molecule has 6 nitrogen and oxygen atoms in total. The number of aromatic nitrogens is 4. The van der Waals surface area contributed by atoms with E-state index >= 15 is 0 Å². The van der Waals surface area contributed by atoms with E-state index in [9.17, 15) is 10.2 Å². The van der Waals surface area contributed by atoms with E-state index < -0.39 is 0 Å². The maximum atomic E-state index is 9.44. The molecule has 0 aromatic carbocycles. The molecule has 0 aliphatic heterocycles. The normalized spacial score (nSPS) is 21.8. The molecule has 1 aliphatic carbocycles. The topological polar surface area (TPSA) is 84.1 Å². The third kappa shape index (κ3) is 2.77. The highest BCUT2D eigenvalue weighted by molar-refractivity contribution is 6.33. The summed E-state index contributed by atoms with van der Waals surface area (Å²) >= 11 is 6.02. The van der Waals surface area contributed by atoms with E-state index in [0.717, 1.165) is 11.1 Å². The number of aliphatic hydroxyl groups excluding tert-OH is 2. The standard InChI is InChI=1S/C15H17ClN4O2/c1-15(3-10(5-21)2-11(4-15)6-22)7-20-9-19-12-13(16)17-8-18-14(12)20/h2-3,8-9,21-22H,4-7H2,1H3. The van der Waals surface area contributed by atoms with Crippen LogP contribution in [0.15, 0.2) is 36.0 Å². The molecule has 0 saturated heterocycles. The average molecular weight is 321 g/mol. The zero-order valence-electron chi connectivity index (χ0n) is 12.2. The van der Waals surface area contributed by atoms with Gasteiger partial charge in [-0.15, -0.1) is 0 Å². The van der Waals surface area contributed by atoms with Gasteiger partial charge in [0.15, 0.2) is 10.8 Å². The van der Waals surface area contributed by atoms with Gasteiger partial charge in [-0.3, -0.25) is 0 Å². The van der Waals surface area contributed by atoms with E-state index in [-0.39, 0.29) is 18.6 Å². The molecule has 0 saturated carbocycles. The fourth-order valence-electron chi connectivity index (χ4n) is 3.02. The maximum Gasteiger partial charge on any atom is 0.164 e. The summed E-state index contributed by atoms with van der Waals surface area (Å²) in [4.78, 5) is 12.4. The van der Waals surface area contributed by atoms with Crippen LogP contribution in [-0.2, 0) is 6.54 Å². The largest absolute Gasteiger partial charge is 0.392 e. The first-order valence-electron chi connectivity index (χ1n) is 6.99. The number of aliphatic hydroxyl groups is 2. The van der Waals surface area contributed by atoms with Gasteiger partial charge in [0, 0.05) is 12.0 Å². The van der Waals surface area contributed by atoms with Crippen molar-refractivity contribution in [2.45, 2.75) is 19.9 Å². The van der Waals surface area contributed by atoms with Gasteiger partial charge in [-0.25, -0.2) is 15.0 Å². The van der Waals surface area contributed by atoms with Gasteiger partial charge >= 0.3 is 0 Å². The highest BCUT2D eigenvalue weighted by Crippen LogP contribution is 2.36. The fraction of sp³-hybridized carbons (Fsp3) is 0.400. The molecule has 0 bridgehead atoms. The van der Waals surface area contributed by atoms with Gasteiger partial charge in [0.1, 0.15) is 11.8 Å². The molecule has 2 aromatic rings. The monoisotopic (exact) mass is 320 g/mol. The average Bonchev–Trinajstić information content (AvgIpc) is 2.90. The lowest BCUT2D eigenvalue weighted by molar-refractivity contribution is 0.283. The minimum Gasteiger partial charge on any atom is -0.392 e. The molecular formula is C15H17ClN4O2. The van der Waals surface area contributed by atoms with E-state index in [1.54, 1.807) is 6.33 Å². The first-order valence-corrected chi connectivity index (χ1v) is 7.37. The van der Waals surface area contributed by atoms with Crippen LogP contribution < -0.4 is 0 Å². The van der Waals surface area contributed by atoms with Crippen molar-refractivity contribution in [2.24, 2.45) is 5.41 Å². The highest BCUT2D eigenvalue weighted by Gasteiger charge is 2.28. The Bertz CT molecular complexity index is 768. The predicted octanol–water partition coefficient (Wildman–Crippen LogP) is 1.73. The molecule has 0 fully saturated rings. The Balaban J connectivity index is 1.96. The third-order valence-electron chi connectivity index (χ3n) is 3.83. The van der Waals surface area contributed by atoms with E-state index in [4.69, 9.17) is 11.6 Å². The lowest BCUT2D eigenvalue weighted by Crippen LogP contribution is -2.25. The van der Waals surface area contributed by atoms with Crippen molar-refractivity contribution < 1.29 is 10.2 Å². The Morgan fingerprint density at radius 3 is 2.82 bits per heavy atom. The molecule has 2 heterocycles. The number of halogens is 1. The van der Waals surface area contributed by atoms with E-state index in [1.807, 2.05) is 16.7 Å². The first kappa shape index (κ1) is 15.1. The molecular weight excluding hydrogens is 304 g/mol. The summed E-state index contributed by atoms with van der Waals surface area (Å²) in [5.41, 5.74) is 2.74. The van der Waals surface area contributed by atoms with Crippen LogP contribution in [0.5, 0.6) is 0 Å². The Hall–Kier alpha value is -1.76. The van der Waals surface area contributed by atoms with Gasteiger partial charge in [0.25, 0.3) is 0 Å². The van der Waals surface area contributed by atoms with Gasteiger partial charge in [-0.05, 0) is 17.6 Å². The third-order valence-corrected chi connectivity index (χ3v) is 4.10. The molecule has 2 N–H and O–H groups in total. The van der Waals surface area contributed by atoms with Crippen molar-refractivity contribution in [3.05, 3.63) is 41.1 Å². The van der Waals surface area contributed by atoms with Crippen molar-refractivity contribution in [3.63, 3.8) is 0 Å². The second kappa shape index (κ2) is 5.79. The molecule has 3 rings (SSSR count). The second-order valence-corrected chi connectivity index (χ2v) is 6.24. The molecule has 0 amide bonds. The number of fused-ring (bicyclic) bond motifs is 1. The van der Waals surface area contributed by atoms with Crippen molar-refractivity contribution in [2.75, 3.05) is 13.2 Å². The van der Waals surface area contributed by atoms with Crippen LogP contribution in [0, 0.1) is 5.41 Å². The molecule has 0 radical (unpaired) electrons. The van der Waals surface area contributed by atoms with Crippen LogP contribution in [0.1, 0.15) is 13.3 Å². The number of hydrogen-bond donors (Lipinski definition) is 2. The number of nitrogens with zero attached hydrogens (tertiary/aromatic N) is 4. The highest BCUT2D eigenvalue weighted by atomic mass is 35.5. The van der Waals surface area contributed by atoms with Crippen molar-refractivity contribution in [1.82, 2.24) is 19.5 Å². The number of rotatable bonds is 4. The molecule has 1 unspecified atom stereocenters. The summed E-state index contributed by atoms with van der Waals surface area (Å²) in [5, 5.41) is 19.2. The van der Waals surface area contributed by atoms with Gasteiger partial charge in [0.2, 0.25) is 0 Å². The Labute approximate surface area is 132 Å².